The van der Waals surface area contributed by atoms with Crippen molar-refractivity contribution in [3.05, 3.63) is 182 Å². The third-order valence-electron chi connectivity index (χ3n) is 11.5. The van der Waals surface area contributed by atoms with Gasteiger partial charge in [0.05, 0.1) is 60.1 Å². The monoisotopic (exact) mass is 836 g/mol. The van der Waals surface area contributed by atoms with E-state index in [9.17, 15) is 0 Å². The summed E-state index contributed by atoms with van der Waals surface area (Å²) in [6.45, 7) is 4.15. The fraction of sp³-hybridized carbons (Fsp3) is 0.0741. The molecule has 10 nitrogen and oxygen atoms in total. The predicted molar refractivity (Wildman–Crippen MR) is 253 cm³/mol. The molecule has 310 valence electrons. The summed E-state index contributed by atoms with van der Waals surface area (Å²) in [4.78, 5) is 19.2. The van der Waals surface area contributed by atoms with Crippen LogP contribution in [0, 0.1) is 13.8 Å². The van der Waals surface area contributed by atoms with Gasteiger partial charge in [-0.25, -0.2) is 9.97 Å². The number of methoxy groups -OCH3 is 2. The molecular weight excluding hydrogens is 797 g/mol. The molecule has 0 bridgehead atoms. The second-order valence-electron chi connectivity index (χ2n) is 15.7. The molecule has 0 spiro atoms. The van der Waals surface area contributed by atoms with E-state index in [-0.39, 0.29) is 0 Å². The van der Waals surface area contributed by atoms with Crippen LogP contribution in [0.2, 0.25) is 0 Å². The second kappa shape index (κ2) is 15.8. The Hall–Kier alpha value is -8.50. The third kappa shape index (κ3) is 6.78. The largest absolute Gasteiger partial charge is 0.493 e. The van der Waals surface area contributed by atoms with Crippen LogP contribution in [0.5, 0.6) is 34.5 Å². The molecule has 0 aliphatic rings. The number of ether oxygens (including phenoxy) is 4. The average molecular weight is 837 g/mol. The molecule has 0 aliphatic heterocycles. The molecule has 0 aliphatic carbocycles. The van der Waals surface area contributed by atoms with Gasteiger partial charge in [-0.15, -0.1) is 0 Å². The van der Waals surface area contributed by atoms with Crippen molar-refractivity contribution in [3.8, 4) is 68.6 Å². The number of para-hydroxylation sites is 2. The lowest BCUT2D eigenvalue weighted by atomic mass is 10.1. The van der Waals surface area contributed by atoms with Crippen molar-refractivity contribution in [2.75, 3.05) is 14.2 Å². The quantitative estimate of drug-likeness (QED) is 0.134. The summed E-state index contributed by atoms with van der Waals surface area (Å²) in [5, 5.41) is 4.50. The molecule has 5 aromatic heterocycles. The fourth-order valence-electron chi connectivity index (χ4n) is 8.57. The van der Waals surface area contributed by atoms with Gasteiger partial charge >= 0.3 is 0 Å². The second-order valence-corrected chi connectivity index (χ2v) is 15.7. The lowest BCUT2D eigenvalue weighted by Gasteiger charge is -2.16. The van der Waals surface area contributed by atoms with Crippen LogP contribution in [-0.4, -0.2) is 43.3 Å². The first kappa shape index (κ1) is 38.4. The van der Waals surface area contributed by atoms with Crippen LogP contribution in [0.3, 0.4) is 0 Å². The first-order valence-electron chi connectivity index (χ1n) is 20.9. The highest BCUT2D eigenvalue weighted by Gasteiger charge is 2.20. The summed E-state index contributed by atoms with van der Waals surface area (Å²) in [5.41, 5.74) is 9.33. The van der Waals surface area contributed by atoms with Crippen LogP contribution >= 0.6 is 0 Å². The van der Waals surface area contributed by atoms with Gasteiger partial charge in [-0.05, 0) is 110 Å². The molecule has 0 radical (unpaired) electrons. The molecule has 0 atom stereocenters. The Bertz CT molecular complexity index is 3580. The Balaban J connectivity index is 0.893. The van der Waals surface area contributed by atoms with Crippen molar-refractivity contribution in [2.45, 2.75) is 13.8 Å². The third-order valence-corrected chi connectivity index (χ3v) is 11.5. The lowest BCUT2D eigenvalue weighted by Crippen LogP contribution is -1.98. The van der Waals surface area contributed by atoms with E-state index in [1.54, 1.807) is 26.6 Å². The molecule has 0 N–H and O–H groups in total. The van der Waals surface area contributed by atoms with Crippen molar-refractivity contribution >= 4 is 43.6 Å². The van der Waals surface area contributed by atoms with Crippen LogP contribution in [0.15, 0.2) is 170 Å². The first-order valence-corrected chi connectivity index (χ1v) is 20.9. The summed E-state index contributed by atoms with van der Waals surface area (Å²) in [5.74, 6) is 5.13. The van der Waals surface area contributed by atoms with E-state index >= 15 is 0 Å². The van der Waals surface area contributed by atoms with E-state index in [4.69, 9.17) is 38.9 Å². The van der Waals surface area contributed by atoms with E-state index in [2.05, 4.69) is 95.8 Å². The van der Waals surface area contributed by atoms with Crippen molar-refractivity contribution < 1.29 is 18.9 Å². The van der Waals surface area contributed by atoms with Crippen LogP contribution in [0.4, 0.5) is 0 Å². The molecule has 11 aromatic rings. The number of pyridine rings is 2. The van der Waals surface area contributed by atoms with Gasteiger partial charge in [0.1, 0.15) is 28.9 Å². The zero-order valence-corrected chi connectivity index (χ0v) is 35.5. The maximum atomic E-state index is 6.65. The smallest absolute Gasteiger partial charge is 0.203 e. The maximum absolute atomic E-state index is 6.65. The number of hydrogen-bond donors (Lipinski definition) is 0. The number of aryl methyl sites for hydroxylation is 2. The van der Waals surface area contributed by atoms with Crippen molar-refractivity contribution in [3.63, 3.8) is 0 Å². The first-order chi connectivity index (χ1) is 31.4. The molecular formula is C54H40N6O4. The van der Waals surface area contributed by atoms with Crippen LogP contribution < -0.4 is 18.9 Å². The van der Waals surface area contributed by atoms with Crippen molar-refractivity contribution in [1.29, 1.82) is 0 Å². The van der Waals surface area contributed by atoms with Crippen LogP contribution in [-0.2, 0) is 0 Å². The van der Waals surface area contributed by atoms with E-state index in [0.29, 0.717) is 45.9 Å². The highest BCUT2D eigenvalue weighted by Crippen LogP contribution is 2.44. The van der Waals surface area contributed by atoms with Gasteiger partial charge in [0, 0.05) is 57.2 Å². The number of benzene rings is 6. The Labute approximate surface area is 368 Å². The summed E-state index contributed by atoms with van der Waals surface area (Å²) in [7, 11) is 3.20. The van der Waals surface area contributed by atoms with Crippen LogP contribution in [0.25, 0.3) is 77.8 Å². The van der Waals surface area contributed by atoms with Gasteiger partial charge in [-0.3, -0.25) is 19.1 Å². The topological polar surface area (TPSA) is 98.3 Å². The number of fused-ring (bicyclic) bond motifs is 6. The van der Waals surface area contributed by atoms with E-state index in [1.807, 2.05) is 85.2 Å². The SMILES string of the molecule is COc1cc(-c2cnc(-c3cccc(Oc4ccc5c6ccccc6n(-c6cc(C)ccn6)c5c4)c3)cn2)cc(Oc2ccc3c4ccccc4n(-c4cc(C)ccn4)c3c2)c1OC. The van der Waals surface area contributed by atoms with Gasteiger partial charge in [0.2, 0.25) is 5.75 Å². The Morgan fingerprint density at radius 3 is 1.50 bits per heavy atom. The zero-order chi connectivity index (χ0) is 43.3. The Kier molecular flexibility index (Phi) is 9.46. The van der Waals surface area contributed by atoms with E-state index in [1.165, 1.54) is 0 Å². The van der Waals surface area contributed by atoms with Gasteiger partial charge in [-0.1, -0.05) is 48.5 Å². The summed E-state index contributed by atoms with van der Waals surface area (Å²) in [6, 6.07) is 48.8. The number of aromatic nitrogens is 6. The number of rotatable bonds is 10. The average Bonchev–Trinajstić information content (AvgIpc) is 3.83. The molecule has 0 saturated carbocycles. The Morgan fingerprint density at radius 2 is 0.938 bits per heavy atom. The standard InChI is InChI=1S/C54H40N6O4/c1-33-20-22-55-52(24-33)59-46-14-7-5-12-40(46)42-18-16-38(29-48(42)59)63-37-11-9-10-35(26-37)44-31-58-45(32-57-44)36-27-50(61-3)54(62-4)51(28-36)64-39-17-19-43-41-13-6-8-15-47(41)60(49(43)30-39)53-25-34(2)21-23-56-53/h5-32H,1-4H3. The molecule has 6 aromatic carbocycles. The molecule has 10 heteroatoms. The summed E-state index contributed by atoms with van der Waals surface area (Å²) < 4.78 is 29.2. The molecule has 5 heterocycles. The zero-order valence-electron chi connectivity index (χ0n) is 35.5. The predicted octanol–water partition coefficient (Wildman–Crippen LogP) is 13.0. The maximum Gasteiger partial charge on any atom is 0.203 e. The van der Waals surface area contributed by atoms with E-state index < -0.39 is 0 Å². The number of hydrogen-bond acceptors (Lipinski definition) is 8. The normalized spacial score (nSPS) is 11.4. The van der Waals surface area contributed by atoms with Crippen molar-refractivity contribution in [1.82, 2.24) is 29.1 Å². The molecule has 0 amide bonds. The molecule has 64 heavy (non-hydrogen) atoms. The minimum absolute atomic E-state index is 0.459. The fourth-order valence-corrected chi connectivity index (χ4v) is 8.57. The minimum atomic E-state index is 0.459. The minimum Gasteiger partial charge on any atom is -0.493 e. The van der Waals surface area contributed by atoms with Gasteiger partial charge < -0.3 is 18.9 Å². The van der Waals surface area contributed by atoms with Crippen molar-refractivity contribution in [2.24, 2.45) is 0 Å². The Morgan fingerprint density at radius 1 is 0.406 bits per heavy atom. The highest BCUT2D eigenvalue weighted by molar-refractivity contribution is 6.10. The van der Waals surface area contributed by atoms with Gasteiger partial charge in [0.15, 0.2) is 11.5 Å². The lowest BCUT2D eigenvalue weighted by molar-refractivity contribution is 0.336. The highest BCUT2D eigenvalue weighted by atomic mass is 16.5. The molecule has 11 rings (SSSR count). The molecule has 0 unspecified atom stereocenters. The molecule has 0 fully saturated rings. The van der Waals surface area contributed by atoms with Gasteiger partial charge in [-0.2, -0.15) is 0 Å². The van der Waals surface area contributed by atoms with E-state index in [0.717, 1.165) is 77.5 Å². The number of nitrogens with zero attached hydrogens (tertiary/aromatic N) is 6. The van der Waals surface area contributed by atoms with Crippen LogP contribution in [0.1, 0.15) is 11.1 Å². The summed E-state index contributed by atoms with van der Waals surface area (Å²) >= 11 is 0. The van der Waals surface area contributed by atoms with Gasteiger partial charge in [0.25, 0.3) is 0 Å². The molecule has 0 saturated heterocycles. The summed E-state index contributed by atoms with van der Waals surface area (Å²) in [6.07, 6.45) is 7.19.